The number of aliphatic hydroxyl groups is 1. The monoisotopic (exact) mass is 311 g/mol. The number of aliphatic hydroxyl groups excluding tert-OH is 1. The van der Waals surface area contributed by atoms with Crippen LogP contribution in [0.1, 0.15) is 31.2 Å². The third-order valence-corrected chi connectivity index (χ3v) is 3.84. The van der Waals surface area contributed by atoms with Gasteiger partial charge in [-0.1, -0.05) is 28.1 Å². The molecule has 1 atom stereocenters. The molecule has 18 heavy (non-hydrogen) atoms. The molecule has 0 saturated carbocycles. The van der Waals surface area contributed by atoms with Gasteiger partial charge in [-0.2, -0.15) is 0 Å². The fourth-order valence-corrected chi connectivity index (χ4v) is 2.54. The van der Waals surface area contributed by atoms with E-state index in [0.29, 0.717) is 13.0 Å². The highest BCUT2D eigenvalue weighted by Gasteiger charge is 2.25. The largest absolute Gasteiger partial charge is 0.374 e. The van der Waals surface area contributed by atoms with E-state index in [-0.39, 0.29) is 5.91 Å². The number of rotatable bonds is 4. The lowest BCUT2D eigenvalue weighted by Crippen LogP contribution is -2.35. The summed E-state index contributed by atoms with van der Waals surface area (Å²) >= 11 is 3.40. The Morgan fingerprint density at radius 2 is 2.11 bits per heavy atom. The van der Waals surface area contributed by atoms with Crippen LogP contribution in [0.4, 0.5) is 0 Å². The fraction of sp³-hybridized carbons (Fsp3) is 0.500. The van der Waals surface area contributed by atoms with Gasteiger partial charge < -0.3 is 10.0 Å². The molecule has 1 amide bonds. The predicted octanol–water partition coefficient (Wildman–Crippen LogP) is 2.71. The minimum Gasteiger partial charge on any atom is -0.374 e. The fourth-order valence-electron chi connectivity index (χ4n) is 2.28. The Morgan fingerprint density at radius 1 is 1.39 bits per heavy atom. The first-order valence-corrected chi connectivity index (χ1v) is 7.18. The Labute approximate surface area is 116 Å². The van der Waals surface area contributed by atoms with Gasteiger partial charge >= 0.3 is 0 Å². The van der Waals surface area contributed by atoms with Crippen LogP contribution in [0.3, 0.4) is 0 Å². The van der Waals surface area contributed by atoms with E-state index in [1.807, 2.05) is 12.1 Å². The molecule has 0 bridgehead atoms. The number of likely N-dealkylation sites (tertiary alicyclic amines) is 1. The van der Waals surface area contributed by atoms with E-state index in [4.69, 9.17) is 0 Å². The number of carbonyl (C=O) groups is 1. The standard InChI is InChI=1S/C14H18BrNO2/c15-12-8-6-11(7-9-12)3-1-4-13(17)16-10-2-5-14(16)18/h6-9,14,18H,1-5,10H2. The highest BCUT2D eigenvalue weighted by molar-refractivity contribution is 9.10. The highest BCUT2D eigenvalue weighted by Crippen LogP contribution is 2.17. The third-order valence-electron chi connectivity index (χ3n) is 3.31. The molecule has 0 radical (unpaired) electrons. The van der Waals surface area contributed by atoms with Crippen molar-refractivity contribution in [3.05, 3.63) is 34.3 Å². The molecule has 4 heteroatoms. The first-order chi connectivity index (χ1) is 8.66. The summed E-state index contributed by atoms with van der Waals surface area (Å²) in [5, 5.41) is 9.61. The van der Waals surface area contributed by atoms with Crippen LogP contribution >= 0.6 is 15.9 Å². The molecule has 98 valence electrons. The van der Waals surface area contributed by atoms with Gasteiger partial charge in [-0.3, -0.25) is 4.79 Å². The van der Waals surface area contributed by atoms with Gasteiger partial charge in [-0.05, 0) is 43.4 Å². The number of aryl methyl sites for hydroxylation is 1. The first-order valence-electron chi connectivity index (χ1n) is 6.39. The van der Waals surface area contributed by atoms with Crippen molar-refractivity contribution in [1.82, 2.24) is 4.90 Å². The number of carbonyl (C=O) groups excluding carboxylic acids is 1. The average Bonchev–Trinajstić information content (AvgIpc) is 2.78. The number of nitrogens with zero attached hydrogens (tertiary/aromatic N) is 1. The molecule has 3 nitrogen and oxygen atoms in total. The van der Waals surface area contributed by atoms with Crippen LogP contribution in [0, 0.1) is 0 Å². The summed E-state index contributed by atoms with van der Waals surface area (Å²) in [6.07, 6.45) is 3.35. The summed E-state index contributed by atoms with van der Waals surface area (Å²) in [5.74, 6) is 0.0807. The average molecular weight is 312 g/mol. The SMILES string of the molecule is O=C(CCCc1ccc(Br)cc1)N1CCCC1O. The second-order valence-electron chi connectivity index (χ2n) is 4.69. The van der Waals surface area contributed by atoms with Crippen molar-refractivity contribution >= 4 is 21.8 Å². The highest BCUT2D eigenvalue weighted by atomic mass is 79.9. The Bertz CT molecular complexity index is 405. The molecule has 1 saturated heterocycles. The molecular formula is C14H18BrNO2. The van der Waals surface area contributed by atoms with Crippen molar-refractivity contribution in [2.45, 2.75) is 38.3 Å². The molecule has 1 N–H and O–H groups in total. The molecular weight excluding hydrogens is 294 g/mol. The zero-order chi connectivity index (χ0) is 13.0. The van der Waals surface area contributed by atoms with Gasteiger partial charge in [0.1, 0.15) is 6.23 Å². The quantitative estimate of drug-likeness (QED) is 0.929. The first kappa shape index (κ1) is 13.6. The van der Waals surface area contributed by atoms with Gasteiger partial charge in [0.25, 0.3) is 0 Å². The summed E-state index contributed by atoms with van der Waals surface area (Å²) in [6.45, 7) is 0.707. The summed E-state index contributed by atoms with van der Waals surface area (Å²) in [6, 6.07) is 8.17. The van der Waals surface area contributed by atoms with Crippen molar-refractivity contribution in [2.24, 2.45) is 0 Å². The maximum Gasteiger partial charge on any atom is 0.224 e. The van der Waals surface area contributed by atoms with Gasteiger partial charge in [0.15, 0.2) is 0 Å². The number of amides is 1. The molecule has 1 unspecified atom stereocenters. The maximum atomic E-state index is 11.9. The zero-order valence-electron chi connectivity index (χ0n) is 10.3. The number of hydrogen-bond donors (Lipinski definition) is 1. The topological polar surface area (TPSA) is 40.5 Å². The van der Waals surface area contributed by atoms with E-state index in [2.05, 4.69) is 28.1 Å². The Balaban J connectivity index is 1.75. The number of benzene rings is 1. The van der Waals surface area contributed by atoms with Gasteiger partial charge in [0.2, 0.25) is 5.91 Å². The van der Waals surface area contributed by atoms with Crippen molar-refractivity contribution in [2.75, 3.05) is 6.54 Å². The molecule has 1 aliphatic heterocycles. The normalized spacial score (nSPS) is 19.2. The Hall–Kier alpha value is -0.870. The van der Waals surface area contributed by atoms with Crippen molar-refractivity contribution in [3.63, 3.8) is 0 Å². The van der Waals surface area contributed by atoms with E-state index in [1.54, 1.807) is 4.90 Å². The van der Waals surface area contributed by atoms with Gasteiger partial charge in [-0.25, -0.2) is 0 Å². The van der Waals surface area contributed by atoms with Crippen LogP contribution < -0.4 is 0 Å². The molecule has 1 aliphatic rings. The van der Waals surface area contributed by atoms with Crippen LogP contribution in [0.15, 0.2) is 28.7 Å². The molecule has 0 spiro atoms. The number of hydrogen-bond acceptors (Lipinski definition) is 2. The summed E-state index contributed by atoms with van der Waals surface area (Å²) < 4.78 is 1.07. The summed E-state index contributed by atoms with van der Waals surface area (Å²) in [5.41, 5.74) is 1.24. The molecule has 2 rings (SSSR count). The second-order valence-corrected chi connectivity index (χ2v) is 5.61. The van der Waals surface area contributed by atoms with Crippen LogP contribution in [0.25, 0.3) is 0 Å². The van der Waals surface area contributed by atoms with Crippen LogP contribution in [-0.2, 0) is 11.2 Å². The lowest BCUT2D eigenvalue weighted by Gasteiger charge is -2.20. The Kier molecular flexibility index (Phi) is 4.78. The van der Waals surface area contributed by atoms with E-state index in [1.165, 1.54) is 5.56 Å². The van der Waals surface area contributed by atoms with Gasteiger partial charge in [0, 0.05) is 17.4 Å². The Morgan fingerprint density at radius 3 is 2.72 bits per heavy atom. The van der Waals surface area contributed by atoms with Gasteiger partial charge in [0.05, 0.1) is 0 Å². The zero-order valence-corrected chi connectivity index (χ0v) is 11.9. The van der Waals surface area contributed by atoms with Crippen LogP contribution in [0.5, 0.6) is 0 Å². The lowest BCUT2D eigenvalue weighted by molar-refractivity contribution is -0.137. The minimum atomic E-state index is -0.551. The lowest BCUT2D eigenvalue weighted by atomic mass is 10.1. The smallest absolute Gasteiger partial charge is 0.224 e. The molecule has 1 aromatic carbocycles. The van der Waals surface area contributed by atoms with Crippen molar-refractivity contribution < 1.29 is 9.90 Å². The molecule has 0 aromatic heterocycles. The predicted molar refractivity (Wildman–Crippen MR) is 74.0 cm³/mol. The van der Waals surface area contributed by atoms with Gasteiger partial charge in [-0.15, -0.1) is 0 Å². The van der Waals surface area contributed by atoms with Crippen LogP contribution in [0.2, 0.25) is 0 Å². The van der Waals surface area contributed by atoms with Crippen LogP contribution in [-0.4, -0.2) is 28.7 Å². The second kappa shape index (κ2) is 6.34. The summed E-state index contributed by atoms with van der Waals surface area (Å²) in [7, 11) is 0. The molecule has 1 fully saturated rings. The van der Waals surface area contributed by atoms with Crippen molar-refractivity contribution in [3.8, 4) is 0 Å². The summed E-state index contributed by atoms with van der Waals surface area (Å²) in [4.78, 5) is 13.5. The maximum absolute atomic E-state index is 11.9. The van der Waals surface area contributed by atoms with E-state index >= 15 is 0 Å². The third kappa shape index (κ3) is 3.56. The van der Waals surface area contributed by atoms with E-state index < -0.39 is 6.23 Å². The van der Waals surface area contributed by atoms with E-state index in [9.17, 15) is 9.90 Å². The molecule has 1 aromatic rings. The van der Waals surface area contributed by atoms with Crippen molar-refractivity contribution in [1.29, 1.82) is 0 Å². The minimum absolute atomic E-state index is 0.0807. The molecule has 0 aliphatic carbocycles. The number of halogens is 1. The van der Waals surface area contributed by atoms with E-state index in [0.717, 1.165) is 30.2 Å². The molecule has 1 heterocycles.